The Morgan fingerprint density at radius 1 is 0.706 bits per heavy atom. The Hall–Kier alpha value is -7.16. The summed E-state index contributed by atoms with van der Waals surface area (Å²) >= 11 is 0. The molecule has 21 nitrogen and oxygen atoms in total. The van der Waals surface area contributed by atoms with Gasteiger partial charge in [-0.1, -0.05) is 62.4 Å². The van der Waals surface area contributed by atoms with Crippen molar-refractivity contribution in [3.63, 3.8) is 0 Å². The Morgan fingerprint density at radius 3 is 1.97 bits per heavy atom. The predicted octanol–water partition coefficient (Wildman–Crippen LogP) is -0.0830. The van der Waals surface area contributed by atoms with E-state index in [0.29, 0.717) is 18.5 Å². The second-order valence-electron chi connectivity index (χ2n) is 17.2. The van der Waals surface area contributed by atoms with Crippen LogP contribution >= 0.6 is 0 Å². The van der Waals surface area contributed by atoms with Gasteiger partial charge in [-0.05, 0) is 55.7 Å². The van der Waals surface area contributed by atoms with Crippen molar-refractivity contribution in [3.8, 4) is 0 Å². The molecule has 0 saturated heterocycles. The normalized spacial score (nSPS) is 14.5. The molecule has 0 spiro atoms. The third kappa shape index (κ3) is 18.6. The summed E-state index contributed by atoms with van der Waals surface area (Å²) in [5.74, 6) is -7.96. The number of para-hydroxylation sites is 1. The minimum absolute atomic E-state index is 0.0466. The number of amides is 7. The first-order valence-corrected chi connectivity index (χ1v) is 22.5. The second kappa shape index (κ2) is 27.5. The third-order valence-corrected chi connectivity index (χ3v) is 11.2. The van der Waals surface area contributed by atoms with Crippen LogP contribution in [0.25, 0.3) is 10.9 Å². The van der Waals surface area contributed by atoms with E-state index in [9.17, 15) is 48.3 Å². The molecule has 0 aliphatic carbocycles. The van der Waals surface area contributed by atoms with E-state index >= 15 is 0 Å². The largest absolute Gasteiger partial charge is 0.393 e. The number of urea groups is 1. The number of nitrogens with two attached hydrogens (primary N) is 3. The first kappa shape index (κ1) is 55.2. The summed E-state index contributed by atoms with van der Waals surface area (Å²) in [7, 11) is 1.51. The number of carbonyl (C=O) groups is 9. The number of Topliss-reactive ketones (excluding diaryl/α,β-unsaturated/α-hetero) is 3. The van der Waals surface area contributed by atoms with E-state index in [-0.39, 0.29) is 44.0 Å². The Labute approximate surface area is 395 Å². The van der Waals surface area contributed by atoms with Gasteiger partial charge in [0.05, 0.1) is 43.1 Å². The Kier molecular flexibility index (Phi) is 22.3. The summed E-state index contributed by atoms with van der Waals surface area (Å²) < 4.78 is 0. The number of rotatable bonds is 29. The molecule has 7 atom stereocenters. The van der Waals surface area contributed by atoms with Gasteiger partial charge in [-0.25, -0.2) is 4.79 Å². The number of ketones is 3. The molecule has 68 heavy (non-hydrogen) atoms. The molecule has 0 unspecified atom stereocenters. The standard InChI is InChI=1S/C47H67N11O10/c1-26(2)18-35(39(61)21-30(14-11-17-52-46(50)51-5)44(66)57-38(43(49)65)20-31-24-53-34-16-10-9-15-32(31)34)58-47(68)54-25-41(63)36(19-29-12-7-6-8-13-29)56-45(67)33(27(3)59)22-40(62)37(23-42(48)64)55-28(4)60/h6-10,12-13,15-16,24,26-27,30,33,35-38,53,59H,11,14,17-23,25H2,1-5H3,(H2,48,64)(H2,49,65)(H,55,60)(H,56,67)(H,57,66)(H3,50,51,52)(H2,54,58,68)/t27-,30-,33+,35+,36+,37+,38+/m1/s1. The number of aromatic amines is 1. The van der Waals surface area contributed by atoms with Gasteiger partial charge < -0.3 is 59.2 Å². The van der Waals surface area contributed by atoms with Crippen molar-refractivity contribution in [1.29, 1.82) is 0 Å². The van der Waals surface area contributed by atoms with Crippen LogP contribution in [-0.4, -0.2) is 119 Å². The lowest BCUT2D eigenvalue weighted by Crippen LogP contribution is -2.53. The summed E-state index contributed by atoms with van der Waals surface area (Å²) in [5.41, 5.74) is 19.0. The molecule has 14 N–H and O–H groups in total. The van der Waals surface area contributed by atoms with Crippen LogP contribution in [0.15, 0.2) is 65.8 Å². The molecular formula is C47H67N11O10. The van der Waals surface area contributed by atoms with E-state index in [2.05, 4.69) is 41.9 Å². The molecule has 3 aromatic rings. The van der Waals surface area contributed by atoms with E-state index in [0.717, 1.165) is 23.4 Å². The molecule has 370 valence electrons. The minimum Gasteiger partial charge on any atom is -0.393 e. The van der Waals surface area contributed by atoms with Crippen LogP contribution in [0.4, 0.5) is 4.79 Å². The number of benzene rings is 2. The fraction of sp³-hybridized carbons (Fsp3) is 0.489. The molecule has 3 rings (SSSR count). The van der Waals surface area contributed by atoms with E-state index < -0.39 is 114 Å². The van der Waals surface area contributed by atoms with Crippen LogP contribution in [0.2, 0.25) is 0 Å². The van der Waals surface area contributed by atoms with Crippen LogP contribution in [0, 0.1) is 17.8 Å². The molecule has 0 fully saturated rings. The van der Waals surface area contributed by atoms with Crippen LogP contribution in [0.3, 0.4) is 0 Å². The summed E-state index contributed by atoms with van der Waals surface area (Å²) in [5, 5.41) is 27.1. The maximum atomic E-state index is 14.1. The number of fused-ring (bicyclic) bond motifs is 1. The SMILES string of the molecule is CN=C(N)NCCC[C@H](CC(=O)[C@H](CC(C)C)NC(=O)NCC(=O)[C@H](Cc1ccccc1)NC(=O)[C@@H](CC(=O)[C@H](CC(N)=O)NC(C)=O)[C@@H](C)O)C(=O)N[C@@H](Cc1c[nH]c2ccccc12)C(N)=O. The van der Waals surface area contributed by atoms with Crippen molar-refractivity contribution >= 4 is 69.8 Å². The summed E-state index contributed by atoms with van der Waals surface area (Å²) in [6.45, 7) is 5.77. The molecule has 2 aromatic carbocycles. The third-order valence-electron chi connectivity index (χ3n) is 11.2. The number of nitrogens with zero attached hydrogens (tertiary/aromatic N) is 1. The van der Waals surface area contributed by atoms with Crippen molar-refractivity contribution in [1.82, 2.24) is 36.9 Å². The number of aliphatic hydroxyl groups excluding tert-OH is 1. The maximum Gasteiger partial charge on any atom is 0.315 e. The van der Waals surface area contributed by atoms with Gasteiger partial charge in [0.15, 0.2) is 23.3 Å². The first-order chi connectivity index (χ1) is 32.2. The fourth-order valence-corrected chi connectivity index (χ4v) is 7.54. The summed E-state index contributed by atoms with van der Waals surface area (Å²) in [6, 6.07) is 10.3. The van der Waals surface area contributed by atoms with E-state index in [4.69, 9.17) is 17.2 Å². The van der Waals surface area contributed by atoms with Crippen LogP contribution in [0.1, 0.15) is 77.3 Å². The lowest BCUT2D eigenvalue weighted by molar-refractivity contribution is -0.136. The van der Waals surface area contributed by atoms with Gasteiger partial charge in [0.25, 0.3) is 0 Å². The number of H-pyrrole nitrogens is 1. The maximum absolute atomic E-state index is 14.1. The van der Waals surface area contributed by atoms with Gasteiger partial charge in [0, 0.05) is 62.8 Å². The molecular weight excluding hydrogens is 879 g/mol. The highest BCUT2D eigenvalue weighted by Gasteiger charge is 2.34. The van der Waals surface area contributed by atoms with E-state index in [1.54, 1.807) is 36.5 Å². The fourth-order valence-electron chi connectivity index (χ4n) is 7.54. The van der Waals surface area contributed by atoms with Crippen molar-refractivity contribution in [2.24, 2.45) is 39.9 Å². The summed E-state index contributed by atoms with van der Waals surface area (Å²) in [6.07, 6.45) is -0.402. The number of guanidine groups is 1. The number of primary amides is 2. The number of hydrogen-bond acceptors (Lipinski definition) is 11. The van der Waals surface area contributed by atoms with E-state index in [1.165, 1.54) is 14.0 Å². The number of nitrogens with one attached hydrogen (secondary N) is 7. The van der Waals surface area contributed by atoms with Gasteiger partial charge in [-0.15, -0.1) is 0 Å². The first-order valence-electron chi connectivity index (χ1n) is 22.5. The zero-order valence-corrected chi connectivity index (χ0v) is 39.3. The quantitative estimate of drug-likeness (QED) is 0.0247. The highest BCUT2D eigenvalue weighted by Crippen LogP contribution is 2.21. The predicted molar refractivity (Wildman–Crippen MR) is 254 cm³/mol. The molecule has 7 amide bonds. The van der Waals surface area contributed by atoms with Gasteiger partial charge in [0.2, 0.25) is 29.5 Å². The van der Waals surface area contributed by atoms with Gasteiger partial charge in [0.1, 0.15) is 6.04 Å². The van der Waals surface area contributed by atoms with Crippen molar-refractivity contribution in [2.75, 3.05) is 20.1 Å². The zero-order valence-electron chi connectivity index (χ0n) is 39.3. The Balaban J connectivity index is 1.77. The van der Waals surface area contributed by atoms with Crippen molar-refractivity contribution in [2.45, 2.75) is 109 Å². The average molecular weight is 946 g/mol. The minimum atomic E-state index is -1.41. The molecule has 1 heterocycles. The van der Waals surface area contributed by atoms with Crippen LogP contribution < -0.4 is 49.1 Å². The number of aliphatic imine (C=N–C) groups is 1. The molecule has 21 heteroatoms. The lowest BCUT2D eigenvalue weighted by atomic mass is 9.90. The lowest BCUT2D eigenvalue weighted by Gasteiger charge is -2.25. The van der Waals surface area contributed by atoms with Gasteiger partial charge in [-0.2, -0.15) is 0 Å². The van der Waals surface area contributed by atoms with Gasteiger partial charge in [-0.3, -0.25) is 43.3 Å². The highest BCUT2D eigenvalue weighted by atomic mass is 16.3. The van der Waals surface area contributed by atoms with Crippen molar-refractivity contribution < 1.29 is 48.3 Å². The molecule has 0 saturated carbocycles. The Bertz CT molecular complexity index is 2250. The molecule has 0 radical (unpaired) electrons. The van der Waals surface area contributed by atoms with E-state index in [1.807, 2.05) is 38.1 Å². The number of aliphatic hydroxyl groups is 1. The number of aromatic nitrogens is 1. The molecule has 0 bridgehead atoms. The van der Waals surface area contributed by atoms with Crippen LogP contribution in [0.5, 0.6) is 0 Å². The second-order valence-corrected chi connectivity index (χ2v) is 17.2. The number of carbonyl (C=O) groups excluding carboxylic acids is 9. The average Bonchev–Trinajstić information content (AvgIpc) is 3.69. The van der Waals surface area contributed by atoms with Crippen molar-refractivity contribution in [3.05, 3.63) is 71.9 Å². The smallest absolute Gasteiger partial charge is 0.315 e. The zero-order chi connectivity index (χ0) is 50.5. The molecule has 1 aromatic heterocycles. The van der Waals surface area contributed by atoms with Crippen LogP contribution in [-0.2, 0) is 51.2 Å². The Morgan fingerprint density at radius 2 is 1.35 bits per heavy atom. The van der Waals surface area contributed by atoms with Gasteiger partial charge >= 0.3 is 6.03 Å². The monoisotopic (exact) mass is 946 g/mol. The summed E-state index contributed by atoms with van der Waals surface area (Å²) in [4.78, 5) is 125. The molecule has 0 aliphatic heterocycles. The highest BCUT2D eigenvalue weighted by molar-refractivity contribution is 5.98. The molecule has 0 aliphatic rings. The number of hydrogen-bond donors (Lipinski definition) is 11. The topological polar surface area (TPSA) is 352 Å².